The smallest absolute Gasteiger partial charge is 0.0195 e. The number of hydrogen-bond acceptors (Lipinski definition) is 2. The lowest BCUT2D eigenvalue weighted by Crippen LogP contribution is -2.49. The predicted octanol–water partition coefficient (Wildman–Crippen LogP) is 2.64. The molecule has 2 aliphatic rings. The molecule has 1 saturated carbocycles. The van der Waals surface area contributed by atoms with Gasteiger partial charge in [0.1, 0.15) is 0 Å². The van der Waals surface area contributed by atoms with Crippen molar-refractivity contribution in [3.63, 3.8) is 0 Å². The minimum absolute atomic E-state index is 0.708. The third kappa shape index (κ3) is 2.98. The molecule has 1 aliphatic heterocycles. The highest BCUT2D eigenvalue weighted by Gasteiger charge is 2.37. The van der Waals surface area contributed by atoms with Crippen molar-refractivity contribution in [2.24, 2.45) is 5.41 Å². The average Bonchev–Trinajstić information content (AvgIpc) is 2.71. The number of nitrogens with one attached hydrogen (secondary N) is 1. The van der Waals surface area contributed by atoms with Crippen LogP contribution in [0, 0.1) is 5.41 Å². The van der Waals surface area contributed by atoms with E-state index in [-0.39, 0.29) is 0 Å². The van der Waals surface area contributed by atoms with Gasteiger partial charge in [0.25, 0.3) is 0 Å². The van der Waals surface area contributed by atoms with Gasteiger partial charge in [0.2, 0.25) is 0 Å². The molecule has 0 bridgehead atoms. The van der Waals surface area contributed by atoms with Gasteiger partial charge in [-0.05, 0) is 51.1 Å². The number of nitrogens with zero attached hydrogens (tertiary/aromatic N) is 1. The third-order valence-corrected chi connectivity index (χ3v) is 4.59. The van der Waals surface area contributed by atoms with Crippen molar-refractivity contribution in [2.45, 2.75) is 57.9 Å². The van der Waals surface area contributed by atoms with Crippen LogP contribution in [0.2, 0.25) is 0 Å². The minimum atomic E-state index is 0.708. The standard InChI is InChI=1S/C14H28N2/c1-3-10-16(2)11-13-6-9-14(12-15-13)7-4-5-8-14/h13,15H,3-12H2,1-2H3. The molecule has 0 aromatic carbocycles. The molecule has 1 spiro atoms. The lowest BCUT2D eigenvalue weighted by Gasteiger charge is -2.39. The summed E-state index contributed by atoms with van der Waals surface area (Å²) in [7, 11) is 2.26. The lowest BCUT2D eigenvalue weighted by molar-refractivity contribution is 0.160. The second kappa shape index (κ2) is 5.50. The van der Waals surface area contributed by atoms with E-state index in [0.717, 1.165) is 6.04 Å². The maximum atomic E-state index is 3.80. The number of rotatable bonds is 4. The zero-order chi connectivity index (χ0) is 11.4. The highest BCUT2D eigenvalue weighted by Crippen LogP contribution is 2.43. The van der Waals surface area contributed by atoms with Gasteiger partial charge in [-0.15, -0.1) is 0 Å². The van der Waals surface area contributed by atoms with E-state index in [0.29, 0.717) is 5.41 Å². The van der Waals surface area contributed by atoms with Crippen molar-refractivity contribution in [2.75, 3.05) is 26.7 Å². The summed E-state index contributed by atoms with van der Waals surface area (Å²) in [4.78, 5) is 2.48. The quantitative estimate of drug-likeness (QED) is 0.790. The van der Waals surface area contributed by atoms with Crippen LogP contribution < -0.4 is 5.32 Å². The van der Waals surface area contributed by atoms with E-state index in [1.807, 2.05) is 0 Å². The molecule has 94 valence electrons. The van der Waals surface area contributed by atoms with Crippen LogP contribution in [0.3, 0.4) is 0 Å². The molecular formula is C14H28N2. The predicted molar refractivity (Wildman–Crippen MR) is 69.7 cm³/mol. The van der Waals surface area contributed by atoms with Crippen molar-refractivity contribution in [3.05, 3.63) is 0 Å². The van der Waals surface area contributed by atoms with Gasteiger partial charge in [0.15, 0.2) is 0 Å². The summed E-state index contributed by atoms with van der Waals surface area (Å²) in [6.07, 6.45) is 10.1. The molecule has 2 fully saturated rings. The average molecular weight is 224 g/mol. The van der Waals surface area contributed by atoms with Gasteiger partial charge in [-0.3, -0.25) is 0 Å². The number of piperidine rings is 1. The number of hydrogen-bond donors (Lipinski definition) is 1. The molecule has 0 radical (unpaired) electrons. The van der Waals surface area contributed by atoms with Crippen molar-refractivity contribution in [1.82, 2.24) is 10.2 Å². The van der Waals surface area contributed by atoms with Crippen LogP contribution in [-0.4, -0.2) is 37.6 Å². The molecule has 0 aromatic heterocycles. The monoisotopic (exact) mass is 224 g/mol. The first-order valence-electron chi connectivity index (χ1n) is 7.16. The van der Waals surface area contributed by atoms with Gasteiger partial charge in [-0.1, -0.05) is 19.8 Å². The van der Waals surface area contributed by atoms with Gasteiger partial charge >= 0.3 is 0 Å². The first-order valence-corrected chi connectivity index (χ1v) is 7.16. The second-order valence-corrected chi connectivity index (χ2v) is 6.09. The molecule has 1 saturated heterocycles. The summed E-state index contributed by atoms with van der Waals surface area (Å²) in [6.45, 7) is 6.03. The van der Waals surface area contributed by atoms with Crippen LogP contribution in [0.25, 0.3) is 0 Å². The summed E-state index contributed by atoms with van der Waals surface area (Å²) in [5.41, 5.74) is 0.708. The molecule has 2 rings (SSSR count). The summed E-state index contributed by atoms with van der Waals surface area (Å²) in [5.74, 6) is 0. The maximum absolute atomic E-state index is 3.80. The Balaban J connectivity index is 1.72. The zero-order valence-corrected chi connectivity index (χ0v) is 11.1. The molecule has 1 aliphatic carbocycles. The Labute approximate surface area is 101 Å². The Morgan fingerprint density at radius 3 is 2.56 bits per heavy atom. The van der Waals surface area contributed by atoms with E-state index >= 15 is 0 Å². The molecule has 0 aromatic rings. The first kappa shape index (κ1) is 12.4. The summed E-state index contributed by atoms with van der Waals surface area (Å²) >= 11 is 0. The van der Waals surface area contributed by atoms with Gasteiger partial charge in [0.05, 0.1) is 0 Å². The SMILES string of the molecule is CCCN(C)CC1CCC2(CCCC2)CN1. The Hall–Kier alpha value is -0.0800. The normalized spacial score (nSPS) is 29.1. The first-order chi connectivity index (χ1) is 7.74. The van der Waals surface area contributed by atoms with Gasteiger partial charge in [-0.2, -0.15) is 0 Å². The van der Waals surface area contributed by atoms with Crippen molar-refractivity contribution in [1.29, 1.82) is 0 Å². The number of likely N-dealkylation sites (N-methyl/N-ethyl adjacent to an activating group) is 1. The molecule has 0 amide bonds. The largest absolute Gasteiger partial charge is 0.312 e. The molecule has 2 nitrogen and oxygen atoms in total. The Morgan fingerprint density at radius 2 is 2.00 bits per heavy atom. The van der Waals surface area contributed by atoms with E-state index in [1.54, 1.807) is 0 Å². The lowest BCUT2D eigenvalue weighted by atomic mass is 9.77. The second-order valence-electron chi connectivity index (χ2n) is 6.09. The topological polar surface area (TPSA) is 15.3 Å². The van der Waals surface area contributed by atoms with Crippen LogP contribution >= 0.6 is 0 Å². The van der Waals surface area contributed by atoms with E-state index < -0.39 is 0 Å². The van der Waals surface area contributed by atoms with E-state index in [2.05, 4.69) is 24.2 Å². The highest BCUT2D eigenvalue weighted by molar-refractivity contribution is 4.93. The Morgan fingerprint density at radius 1 is 1.25 bits per heavy atom. The van der Waals surface area contributed by atoms with Crippen LogP contribution in [-0.2, 0) is 0 Å². The molecule has 2 heteroatoms. The van der Waals surface area contributed by atoms with Crippen LogP contribution in [0.5, 0.6) is 0 Å². The van der Waals surface area contributed by atoms with Gasteiger partial charge in [-0.25, -0.2) is 0 Å². The summed E-state index contributed by atoms with van der Waals surface area (Å²) in [5, 5.41) is 3.80. The van der Waals surface area contributed by atoms with Gasteiger partial charge in [0, 0.05) is 19.1 Å². The van der Waals surface area contributed by atoms with Crippen molar-refractivity contribution >= 4 is 0 Å². The molecule has 1 N–H and O–H groups in total. The summed E-state index contributed by atoms with van der Waals surface area (Å²) < 4.78 is 0. The molecule has 1 unspecified atom stereocenters. The van der Waals surface area contributed by atoms with Crippen LogP contribution in [0.1, 0.15) is 51.9 Å². The molecule has 1 atom stereocenters. The Kier molecular flexibility index (Phi) is 4.26. The zero-order valence-electron chi connectivity index (χ0n) is 11.1. The minimum Gasteiger partial charge on any atom is -0.312 e. The van der Waals surface area contributed by atoms with Crippen LogP contribution in [0.4, 0.5) is 0 Å². The van der Waals surface area contributed by atoms with E-state index in [1.165, 1.54) is 64.6 Å². The molecule has 16 heavy (non-hydrogen) atoms. The van der Waals surface area contributed by atoms with E-state index in [9.17, 15) is 0 Å². The van der Waals surface area contributed by atoms with Crippen molar-refractivity contribution < 1.29 is 0 Å². The van der Waals surface area contributed by atoms with Crippen molar-refractivity contribution in [3.8, 4) is 0 Å². The fourth-order valence-corrected chi connectivity index (χ4v) is 3.59. The Bertz CT molecular complexity index is 199. The van der Waals surface area contributed by atoms with Crippen LogP contribution in [0.15, 0.2) is 0 Å². The fraction of sp³-hybridized carbons (Fsp3) is 1.00. The molecular weight excluding hydrogens is 196 g/mol. The highest BCUT2D eigenvalue weighted by atomic mass is 15.1. The maximum Gasteiger partial charge on any atom is 0.0195 e. The summed E-state index contributed by atoms with van der Waals surface area (Å²) in [6, 6.07) is 0.753. The third-order valence-electron chi connectivity index (χ3n) is 4.59. The molecule has 1 heterocycles. The van der Waals surface area contributed by atoms with E-state index in [4.69, 9.17) is 0 Å². The fourth-order valence-electron chi connectivity index (χ4n) is 3.59. The van der Waals surface area contributed by atoms with Gasteiger partial charge < -0.3 is 10.2 Å².